The first-order chi connectivity index (χ1) is 9.45. The summed E-state index contributed by atoms with van der Waals surface area (Å²) in [4.78, 5) is 10.0. The van der Waals surface area contributed by atoms with E-state index in [1.807, 2.05) is 24.1 Å². The van der Waals surface area contributed by atoms with Gasteiger partial charge in [0.1, 0.15) is 16.7 Å². The van der Waals surface area contributed by atoms with Crippen molar-refractivity contribution in [2.75, 3.05) is 17.7 Å². The molecule has 5 nitrogen and oxygen atoms in total. The molecular weight excluding hydrogens is 276 g/mol. The van der Waals surface area contributed by atoms with Crippen LogP contribution in [0, 0.1) is 0 Å². The Morgan fingerprint density at radius 2 is 1.95 bits per heavy atom. The molecule has 0 spiro atoms. The van der Waals surface area contributed by atoms with Gasteiger partial charge in [0.25, 0.3) is 0 Å². The van der Waals surface area contributed by atoms with Crippen molar-refractivity contribution in [1.29, 1.82) is 0 Å². The van der Waals surface area contributed by atoms with Crippen molar-refractivity contribution in [3.63, 3.8) is 0 Å². The molecule has 0 bridgehead atoms. The number of rotatable bonds is 4. The molecule has 20 heavy (non-hydrogen) atoms. The Hall–Kier alpha value is -2.01. The molecule has 1 aromatic carbocycles. The summed E-state index contributed by atoms with van der Waals surface area (Å²) in [6.45, 7) is 2.08. The van der Waals surface area contributed by atoms with Gasteiger partial charge in [0.2, 0.25) is 5.95 Å². The predicted octanol–water partition coefficient (Wildman–Crippen LogP) is 2.49. The fourth-order valence-electron chi connectivity index (χ4n) is 1.94. The lowest BCUT2D eigenvalue weighted by Gasteiger charge is -2.26. The number of aromatic nitrogens is 2. The molecule has 6 heteroatoms. The van der Waals surface area contributed by atoms with E-state index in [1.54, 1.807) is 18.2 Å². The molecule has 1 aromatic heterocycles. The number of phenols is 1. The molecule has 0 aliphatic rings. The SMILES string of the molecule is CC(Cc1ccc(O)cc1)N(C)c1cc(Cl)nc(N)n1. The zero-order valence-corrected chi connectivity index (χ0v) is 12.2. The summed E-state index contributed by atoms with van der Waals surface area (Å²) in [5.74, 6) is 1.12. The van der Waals surface area contributed by atoms with E-state index in [9.17, 15) is 5.11 Å². The minimum atomic E-state index is 0.163. The minimum Gasteiger partial charge on any atom is -0.508 e. The monoisotopic (exact) mass is 292 g/mol. The summed E-state index contributed by atoms with van der Waals surface area (Å²) in [6, 6.07) is 9.06. The molecule has 1 unspecified atom stereocenters. The maximum atomic E-state index is 9.28. The summed E-state index contributed by atoms with van der Waals surface area (Å²) in [6.07, 6.45) is 0.818. The van der Waals surface area contributed by atoms with E-state index < -0.39 is 0 Å². The van der Waals surface area contributed by atoms with Gasteiger partial charge in [-0.1, -0.05) is 23.7 Å². The van der Waals surface area contributed by atoms with Crippen LogP contribution in [0.4, 0.5) is 11.8 Å². The molecule has 0 saturated carbocycles. The number of nitrogens with zero attached hydrogens (tertiary/aromatic N) is 3. The van der Waals surface area contributed by atoms with E-state index in [1.165, 1.54) is 0 Å². The van der Waals surface area contributed by atoms with Crippen LogP contribution < -0.4 is 10.6 Å². The van der Waals surface area contributed by atoms with Crippen LogP contribution in [0.3, 0.4) is 0 Å². The average molecular weight is 293 g/mol. The molecule has 2 rings (SSSR count). The predicted molar refractivity (Wildman–Crippen MR) is 81.1 cm³/mol. The Kier molecular flexibility index (Phi) is 4.29. The Balaban J connectivity index is 2.11. The Bertz CT molecular complexity index is 568. The fourth-order valence-corrected chi connectivity index (χ4v) is 2.12. The number of phenolic OH excluding ortho intramolecular Hbond substituents is 1. The van der Waals surface area contributed by atoms with E-state index in [0.717, 1.165) is 12.0 Å². The molecule has 0 saturated heterocycles. The summed E-state index contributed by atoms with van der Waals surface area (Å²) in [7, 11) is 1.93. The highest BCUT2D eigenvalue weighted by atomic mass is 35.5. The van der Waals surface area contributed by atoms with Gasteiger partial charge >= 0.3 is 0 Å². The zero-order valence-electron chi connectivity index (χ0n) is 11.4. The van der Waals surface area contributed by atoms with E-state index in [2.05, 4.69) is 16.9 Å². The molecule has 0 aliphatic heterocycles. The number of hydrogen-bond acceptors (Lipinski definition) is 5. The normalized spacial score (nSPS) is 12.2. The van der Waals surface area contributed by atoms with Gasteiger partial charge in [0.15, 0.2) is 0 Å². The second-order valence-corrected chi connectivity index (χ2v) is 5.12. The summed E-state index contributed by atoms with van der Waals surface area (Å²) >= 11 is 5.89. The van der Waals surface area contributed by atoms with Crippen LogP contribution in [0.25, 0.3) is 0 Å². The van der Waals surface area contributed by atoms with E-state index >= 15 is 0 Å². The van der Waals surface area contributed by atoms with Crippen molar-refractivity contribution < 1.29 is 5.11 Å². The topological polar surface area (TPSA) is 75.3 Å². The van der Waals surface area contributed by atoms with Crippen molar-refractivity contribution in [3.05, 3.63) is 41.0 Å². The first kappa shape index (κ1) is 14.4. The molecule has 1 atom stereocenters. The van der Waals surface area contributed by atoms with Crippen molar-refractivity contribution in [2.24, 2.45) is 0 Å². The van der Waals surface area contributed by atoms with Crippen molar-refractivity contribution in [1.82, 2.24) is 9.97 Å². The van der Waals surface area contributed by atoms with Gasteiger partial charge in [-0.3, -0.25) is 0 Å². The van der Waals surface area contributed by atoms with Crippen LogP contribution in [-0.4, -0.2) is 28.2 Å². The van der Waals surface area contributed by atoms with Gasteiger partial charge in [-0.2, -0.15) is 4.98 Å². The lowest BCUT2D eigenvalue weighted by molar-refractivity contribution is 0.475. The average Bonchev–Trinajstić information content (AvgIpc) is 2.39. The molecule has 106 valence electrons. The molecule has 0 amide bonds. The summed E-state index contributed by atoms with van der Waals surface area (Å²) in [5, 5.41) is 9.61. The van der Waals surface area contributed by atoms with Gasteiger partial charge in [-0.15, -0.1) is 0 Å². The Morgan fingerprint density at radius 1 is 1.30 bits per heavy atom. The highest BCUT2D eigenvalue weighted by Crippen LogP contribution is 2.20. The smallest absolute Gasteiger partial charge is 0.223 e. The number of nitrogens with two attached hydrogens (primary N) is 1. The molecule has 0 fully saturated rings. The minimum absolute atomic E-state index is 0.163. The molecule has 0 radical (unpaired) electrons. The summed E-state index contributed by atoms with van der Waals surface area (Å²) < 4.78 is 0. The number of benzene rings is 1. The second-order valence-electron chi connectivity index (χ2n) is 4.74. The third kappa shape index (κ3) is 3.51. The van der Waals surface area contributed by atoms with Crippen LogP contribution in [0.1, 0.15) is 12.5 Å². The lowest BCUT2D eigenvalue weighted by atomic mass is 10.1. The second kappa shape index (κ2) is 5.96. The molecule has 3 N–H and O–H groups in total. The fraction of sp³-hybridized carbons (Fsp3) is 0.286. The summed E-state index contributed by atoms with van der Waals surface area (Å²) in [5.41, 5.74) is 6.74. The first-order valence-corrected chi connectivity index (χ1v) is 6.64. The molecule has 2 aromatic rings. The molecule has 1 heterocycles. The number of nitrogen functional groups attached to an aromatic ring is 1. The van der Waals surface area contributed by atoms with Crippen LogP contribution in [-0.2, 0) is 6.42 Å². The van der Waals surface area contributed by atoms with Crippen LogP contribution in [0.5, 0.6) is 5.75 Å². The van der Waals surface area contributed by atoms with Gasteiger partial charge in [0, 0.05) is 19.2 Å². The van der Waals surface area contributed by atoms with Crippen LogP contribution in [0.2, 0.25) is 5.15 Å². The molecule has 0 aliphatic carbocycles. The van der Waals surface area contributed by atoms with E-state index in [4.69, 9.17) is 17.3 Å². The van der Waals surface area contributed by atoms with Crippen molar-refractivity contribution in [3.8, 4) is 5.75 Å². The number of anilines is 2. The maximum absolute atomic E-state index is 9.28. The van der Waals surface area contributed by atoms with Gasteiger partial charge in [-0.05, 0) is 31.0 Å². The van der Waals surface area contributed by atoms with Crippen LogP contribution >= 0.6 is 11.6 Å². The van der Waals surface area contributed by atoms with Gasteiger partial charge in [-0.25, -0.2) is 4.98 Å². The zero-order chi connectivity index (χ0) is 14.7. The third-order valence-corrected chi connectivity index (χ3v) is 3.38. The van der Waals surface area contributed by atoms with Gasteiger partial charge < -0.3 is 15.7 Å². The van der Waals surface area contributed by atoms with Crippen LogP contribution in [0.15, 0.2) is 30.3 Å². The highest BCUT2D eigenvalue weighted by molar-refractivity contribution is 6.29. The first-order valence-electron chi connectivity index (χ1n) is 6.26. The number of halogens is 1. The largest absolute Gasteiger partial charge is 0.508 e. The number of likely N-dealkylation sites (N-methyl/N-ethyl adjacent to an activating group) is 1. The van der Waals surface area contributed by atoms with Gasteiger partial charge in [0.05, 0.1) is 0 Å². The quantitative estimate of drug-likeness (QED) is 0.847. The van der Waals surface area contributed by atoms with E-state index in [-0.39, 0.29) is 17.7 Å². The Morgan fingerprint density at radius 3 is 2.55 bits per heavy atom. The highest BCUT2D eigenvalue weighted by Gasteiger charge is 2.13. The van der Waals surface area contributed by atoms with Crippen molar-refractivity contribution >= 4 is 23.4 Å². The lowest BCUT2D eigenvalue weighted by Crippen LogP contribution is -2.31. The van der Waals surface area contributed by atoms with Crippen molar-refractivity contribution in [2.45, 2.75) is 19.4 Å². The molecular formula is C14H17ClN4O. The maximum Gasteiger partial charge on any atom is 0.223 e. The standard InChI is InChI=1S/C14H17ClN4O/c1-9(7-10-3-5-11(20)6-4-10)19(2)13-8-12(15)17-14(16)18-13/h3-6,8-9,20H,7H2,1-2H3,(H2,16,17,18). The van der Waals surface area contributed by atoms with E-state index in [0.29, 0.717) is 11.0 Å². The Labute approximate surface area is 123 Å². The third-order valence-electron chi connectivity index (χ3n) is 3.19. The number of aromatic hydroxyl groups is 1. The number of hydrogen-bond donors (Lipinski definition) is 2.